The Labute approximate surface area is 65.1 Å². The van der Waals surface area contributed by atoms with E-state index in [0.29, 0.717) is 0 Å². The highest BCUT2D eigenvalue weighted by atomic mass is 16.3. The predicted octanol–water partition coefficient (Wildman–Crippen LogP) is 1.51. The van der Waals surface area contributed by atoms with Gasteiger partial charge in [-0.3, -0.25) is 4.98 Å². The second-order valence-corrected chi connectivity index (χ2v) is 2.25. The number of nitrogens with zero attached hydrogens (tertiary/aromatic N) is 2. The molecule has 56 valence electrons. The molecule has 0 aromatic carbocycles. The maximum absolute atomic E-state index is 9.00. The average Bonchev–Trinajstić information content (AvgIpc) is 1.98. The van der Waals surface area contributed by atoms with Crippen LogP contribution >= 0.6 is 0 Å². The van der Waals surface area contributed by atoms with Gasteiger partial charge in [-0.05, 0) is 13.0 Å². The minimum absolute atomic E-state index is 0.120. The van der Waals surface area contributed by atoms with Crippen LogP contribution in [0.3, 0.4) is 0 Å². The van der Waals surface area contributed by atoms with E-state index in [1.165, 1.54) is 6.20 Å². The molecule has 3 heteroatoms. The number of hydrogen-bond acceptors (Lipinski definition) is 2. The molecule has 0 atom stereocenters. The Morgan fingerprint density at radius 3 is 3.09 bits per heavy atom. The fourth-order valence-electron chi connectivity index (χ4n) is 0.811. The van der Waals surface area contributed by atoms with E-state index in [0.717, 1.165) is 11.3 Å². The van der Waals surface area contributed by atoms with Gasteiger partial charge in [-0.1, -0.05) is 0 Å². The molecule has 0 spiro atoms. The highest BCUT2D eigenvalue weighted by molar-refractivity contribution is 5.28. The Morgan fingerprint density at radius 2 is 2.45 bits per heavy atom. The Morgan fingerprint density at radius 1 is 1.73 bits per heavy atom. The molecule has 3 nitrogen and oxygen atoms in total. The van der Waals surface area contributed by atoms with Gasteiger partial charge in [0, 0.05) is 5.69 Å². The summed E-state index contributed by atoms with van der Waals surface area (Å²) in [7, 11) is 0. The van der Waals surface area contributed by atoms with Crippen molar-refractivity contribution in [2.75, 3.05) is 0 Å². The van der Waals surface area contributed by atoms with Gasteiger partial charge in [0.2, 0.25) is 6.54 Å². The molecule has 1 aromatic heterocycles. The summed E-state index contributed by atoms with van der Waals surface area (Å²) in [5.41, 5.74) is 1.60. The minimum Gasteiger partial charge on any atom is -0.506 e. The summed E-state index contributed by atoms with van der Waals surface area (Å²) >= 11 is 0. The topological polar surface area (TPSA) is 37.5 Å². The fraction of sp³-hybridized carbons (Fsp3) is 0.250. The molecule has 11 heavy (non-hydrogen) atoms. The first-order valence-electron chi connectivity index (χ1n) is 3.21. The van der Waals surface area contributed by atoms with Crippen LogP contribution in [-0.4, -0.2) is 10.1 Å². The van der Waals surface area contributed by atoms with Crippen molar-refractivity contribution in [3.8, 4) is 5.75 Å². The summed E-state index contributed by atoms with van der Waals surface area (Å²) in [6.45, 7) is 8.73. The summed E-state index contributed by atoms with van der Waals surface area (Å²) in [5.74, 6) is 0.120. The number of hydrogen-bond donors (Lipinski definition) is 1. The molecule has 0 saturated heterocycles. The van der Waals surface area contributed by atoms with Crippen LogP contribution in [0.15, 0.2) is 12.3 Å². The Kier molecular flexibility index (Phi) is 2.07. The molecule has 0 amide bonds. The summed E-state index contributed by atoms with van der Waals surface area (Å²) in [6.07, 6.45) is 1.38. The first kappa shape index (κ1) is 7.55. The molecule has 1 heterocycles. The van der Waals surface area contributed by atoms with Gasteiger partial charge in [0.15, 0.2) is 0 Å². The Bertz CT molecular complexity index is 301. The third-order valence-electron chi connectivity index (χ3n) is 1.43. The van der Waals surface area contributed by atoms with Crippen LogP contribution in [0.1, 0.15) is 11.3 Å². The van der Waals surface area contributed by atoms with Gasteiger partial charge in [-0.15, -0.1) is 0 Å². The predicted molar refractivity (Wildman–Crippen MR) is 40.9 cm³/mol. The van der Waals surface area contributed by atoms with E-state index in [-0.39, 0.29) is 12.3 Å². The van der Waals surface area contributed by atoms with Gasteiger partial charge in [0.1, 0.15) is 5.75 Å². The molecule has 0 aliphatic carbocycles. The van der Waals surface area contributed by atoms with Gasteiger partial charge >= 0.3 is 0 Å². The number of aryl methyl sites for hydroxylation is 1. The van der Waals surface area contributed by atoms with Crippen LogP contribution in [0.5, 0.6) is 5.75 Å². The van der Waals surface area contributed by atoms with E-state index in [4.69, 9.17) is 11.7 Å². The highest BCUT2D eigenvalue weighted by Gasteiger charge is 2.01. The lowest BCUT2D eigenvalue weighted by Crippen LogP contribution is -1.88. The molecule has 0 saturated carbocycles. The lowest BCUT2D eigenvalue weighted by molar-refractivity contribution is 0.471. The highest BCUT2D eigenvalue weighted by Crippen LogP contribution is 2.13. The smallest absolute Gasteiger partial charge is 0.241 e. The van der Waals surface area contributed by atoms with Gasteiger partial charge in [0.05, 0.1) is 11.8 Å². The van der Waals surface area contributed by atoms with E-state index in [1.807, 2.05) is 6.92 Å². The molecular weight excluding hydrogens is 140 g/mol. The number of pyridine rings is 1. The molecule has 0 unspecified atom stereocenters. The number of rotatable bonds is 1. The monoisotopic (exact) mass is 148 g/mol. The van der Waals surface area contributed by atoms with Crippen LogP contribution in [0.25, 0.3) is 4.85 Å². The van der Waals surface area contributed by atoms with Crippen molar-refractivity contribution in [3.05, 3.63) is 34.9 Å². The van der Waals surface area contributed by atoms with Gasteiger partial charge in [-0.25, -0.2) is 6.57 Å². The zero-order valence-corrected chi connectivity index (χ0v) is 6.20. The van der Waals surface area contributed by atoms with Crippen LogP contribution in [0.2, 0.25) is 0 Å². The van der Waals surface area contributed by atoms with Crippen LogP contribution in [0.4, 0.5) is 0 Å². The van der Waals surface area contributed by atoms with E-state index in [9.17, 15) is 0 Å². The van der Waals surface area contributed by atoms with E-state index < -0.39 is 0 Å². The molecule has 0 radical (unpaired) electrons. The number of aromatic nitrogens is 1. The standard InChI is InChI=1S/C8H8N2O/c1-6-7(4-9-2)3-8(11)5-10-6/h3,5,11H,4H2,1H3. The Balaban J connectivity index is 3.05. The van der Waals surface area contributed by atoms with Gasteiger partial charge in [-0.2, -0.15) is 0 Å². The van der Waals surface area contributed by atoms with Crippen molar-refractivity contribution in [2.45, 2.75) is 13.5 Å². The molecule has 0 fully saturated rings. The van der Waals surface area contributed by atoms with Gasteiger partial charge in [0.25, 0.3) is 0 Å². The lowest BCUT2D eigenvalue weighted by Gasteiger charge is -1.97. The van der Waals surface area contributed by atoms with Gasteiger partial charge < -0.3 is 9.95 Å². The third kappa shape index (κ3) is 1.68. The van der Waals surface area contributed by atoms with E-state index in [2.05, 4.69) is 9.83 Å². The first-order valence-corrected chi connectivity index (χ1v) is 3.21. The normalized spacial score (nSPS) is 9.09. The average molecular weight is 148 g/mol. The maximum Gasteiger partial charge on any atom is 0.241 e. The molecule has 1 aromatic rings. The summed E-state index contributed by atoms with van der Waals surface area (Å²) < 4.78 is 0. The summed E-state index contributed by atoms with van der Waals surface area (Å²) in [5, 5.41) is 9.00. The molecule has 0 bridgehead atoms. The molecule has 0 aliphatic heterocycles. The van der Waals surface area contributed by atoms with E-state index >= 15 is 0 Å². The third-order valence-corrected chi connectivity index (χ3v) is 1.43. The van der Waals surface area contributed by atoms with Crippen LogP contribution in [-0.2, 0) is 6.54 Å². The summed E-state index contributed by atoms with van der Waals surface area (Å²) in [4.78, 5) is 7.11. The van der Waals surface area contributed by atoms with Crippen molar-refractivity contribution < 1.29 is 5.11 Å². The van der Waals surface area contributed by atoms with E-state index in [1.54, 1.807) is 6.07 Å². The minimum atomic E-state index is 0.120. The Hall–Kier alpha value is -1.56. The first-order chi connectivity index (χ1) is 5.24. The SMILES string of the molecule is [C-]#[N+]Cc1cc(O)cnc1C. The lowest BCUT2D eigenvalue weighted by atomic mass is 10.2. The quantitative estimate of drug-likeness (QED) is 0.613. The molecule has 1 N–H and O–H groups in total. The zero-order valence-electron chi connectivity index (χ0n) is 6.20. The molecule has 1 rings (SSSR count). The van der Waals surface area contributed by atoms with Crippen molar-refractivity contribution in [3.63, 3.8) is 0 Å². The number of aromatic hydroxyl groups is 1. The maximum atomic E-state index is 9.00. The largest absolute Gasteiger partial charge is 0.506 e. The van der Waals surface area contributed by atoms with Crippen molar-refractivity contribution >= 4 is 0 Å². The molecule has 0 aliphatic rings. The second kappa shape index (κ2) is 3.02. The second-order valence-electron chi connectivity index (χ2n) is 2.25. The van der Waals surface area contributed by atoms with Crippen molar-refractivity contribution in [1.29, 1.82) is 0 Å². The summed E-state index contributed by atoms with van der Waals surface area (Å²) in [6, 6.07) is 1.57. The van der Waals surface area contributed by atoms with Crippen LogP contribution in [0, 0.1) is 13.5 Å². The molecular formula is C8H8N2O. The zero-order chi connectivity index (χ0) is 8.27. The van der Waals surface area contributed by atoms with Crippen molar-refractivity contribution in [1.82, 2.24) is 4.98 Å². The van der Waals surface area contributed by atoms with Crippen molar-refractivity contribution in [2.24, 2.45) is 0 Å². The fourth-order valence-corrected chi connectivity index (χ4v) is 0.811. The van der Waals surface area contributed by atoms with Crippen LogP contribution < -0.4 is 0 Å².